The number of anilines is 1. The number of rotatable bonds is 3. The quantitative estimate of drug-likeness (QED) is 0.639. The molecule has 0 unspecified atom stereocenters. The number of hydrogen-bond donors (Lipinski definition) is 3. The first-order valence-corrected chi connectivity index (χ1v) is 6.64. The van der Waals surface area contributed by atoms with E-state index in [2.05, 4.69) is 15.3 Å². The largest absolute Gasteiger partial charge is 0.399 e. The van der Waals surface area contributed by atoms with Crippen molar-refractivity contribution in [2.45, 2.75) is 6.54 Å². The number of nitrogens with zero attached hydrogens (tertiary/aromatic N) is 1. The minimum Gasteiger partial charge on any atom is -0.399 e. The van der Waals surface area contributed by atoms with Gasteiger partial charge in [-0.15, -0.1) is 11.3 Å². The van der Waals surface area contributed by atoms with Crippen molar-refractivity contribution < 1.29 is 4.79 Å². The fraction of sp³-hybridized carbons (Fsp3) is 0.0769. The Kier molecular flexibility index (Phi) is 2.92. The summed E-state index contributed by atoms with van der Waals surface area (Å²) in [5.74, 6) is -0.107. The third-order valence-electron chi connectivity index (χ3n) is 2.86. The van der Waals surface area contributed by atoms with E-state index in [1.807, 2.05) is 12.1 Å². The zero-order valence-electron chi connectivity index (χ0n) is 10.0. The summed E-state index contributed by atoms with van der Waals surface area (Å²) in [5, 5.41) is 3.75. The molecule has 1 amide bonds. The molecule has 0 radical (unpaired) electrons. The van der Waals surface area contributed by atoms with Gasteiger partial charge in [-0.2, -0.15) is 0 Å². The van der Waals surface area contributed by atoms with Gasteiger partial charge in [-0.3, -0.25) is 9.78 Å². The summed E-state index contributed by atoms with van der Waals surface area (Å²) >= 11 is 1.52. The van der Waals surface area contributed by atoms with Crippen LogP contribution < -0.4 is 11.1 Å². The third-order valence-corrected chi connectivity index (χ3v) is 3.64. The van der Waals surface area contributed by atoms with Gasteiger partial charge in [0.15, 0.2) is 0 Å². The van der Waals surface area contributed by atoms with Crippen molar-refractivity contribution in [2.75, 3.05) is 5.73 Å². The number of aromatic amines is 1. The summed E-state index contributed by atoms with van der Waals surface area (Å²) in [6, 6.07) is 5.45. The first kappa shape index (κ1) is 11.7. The first-order valence-electron chi connectivity index (χ1n) is 5.76. The fourth-order valence-corrected chi connectivity index (χ4v) is 2.46. The predicted octanol–water partition coefficient (Wildman–Crippen LogP) is 2.14. The molecule has 0 fully saturated rings. The molecule has 3 aromatic rings. The minimum absolute atomic E-state index is 0.107. The lowest BCUT2D eigenvalue weighted by molar-refractivity contribution is 0.0953. The van der Waals surface area contributed by atoms with Crippen LogP contribution in [0.5, 0.6) is 0 Å². The number of nitrogens with two attached hydrogens (primary N) is 1. The lowest BCUT2D eigenvalue weighted by Crippen LogP contribution is -2.21. The molecule has 2 aromatic heterocycles. The maximum absolute atomic E-state index is 12.1. The molecular formula is C13H12N4OS. The number of carbonyl (C=O) groups excluding carboxylic acids is 1. The van der Waals surface area contributed by atoms with Crippen molar-refractivity contribution in [3.05, 3.63) is 46.5 Å². The van der Waals surface area contributed by atoms with E-state index in [4.69, 9.17) is 5.73 Å². The molecule has 96 valence electrons. The number of benzene rings is 1. The summed E-state index contributed by atoms with van der Waals surface area (Å²) in [6.45, 7) is 0.491. The van der Waals surface area contributed by atoms with Crippen LogP contribution in [0.1, 0.15) is 15.2 Å². The van der Waals surface area contributed by atoms with Crippen LogP contribution in [-0.4, -0.2) is 15.9 Å². The Morgan fingerprint density at radius 1 is 1.47 bits per heavy atom. The Morgan fingerprint density at radius 3 is 3.16 bits per heavy atom. The monoisotopic (exact) mass is 272 g/mol. The van der Waals surface area contributed by atoms with Gasteiger partial charge < -0.3 is 16.0 Å². The lowest BCUT2D eigenvalue weighted by Gasteiger charge is -2.02. The summed E-state index contributed by atoms with van der Waals surface area (Å²) in [6.07, 6.45) is 3.45. The van der Waals surface area contributed by atoms with Crippen molar-refractivity contribution in [1.82, 2.24) is 15.3 Å². The molecule has 5 nitrogen and oxygen atoms in total. The molecule has 0 spiro atoms. The van der Waals surface area contributed by atoms with Crippen LogP contribution in [0, 0.1) is 0 Å². The molecule has 0 aliphatic heterocycles. The van der Waals surface area contributed by atoms with Gasteiger partial charge in [0.05, 0.1) is 17.6 Å². The number of nitrogen functional groups attached to an aromatic ring is 1. The van der Waals surface area contributed by atoms with Gasteiger partial charge in [0.1, 0.15) is 0 Å². The van der Waals surface area contributed by atoms with Crippen LogP contribution >= 0.6 is 11.3 Å². The topological polar surface area (TPSA) is 83.8 Å². The Hall–Kier alpha value is -2.34. The van der Waals surface area contributed by atoms with E-state index >= 15 is 0 Å². The van der Waals surface area contributed by atoms with E-state index in [1.54, 1.807) is 24.0 Å². The second kappa shape index (κ2) is 4.74. The molecule has 0 saturated heterocycles. The second-order valence-corrected chi connectivity index (χ2v) is 5.13. The van der Waals surface area contributed by atoms with Gasteiger partial charge in [0.2, 0.25) is 0 Å². The standard InChI is InChI=1S/C13H12N4OS/c14-8-1-2-10-11(6-16-12(10)3-8)13(18)17-5-9-4-15-7-19-9/h1-4,6-7,16H,5,14H2,(H,17,18). The predicted molar refractivity (Wildman–Crippen MR) is 76.0 cm³/mol. The van der Waals surface area contributed by atoms with E-state index < -0.39 is 0 Å². The molecule has 0 atom stereocenters. The summed E-state index contributed by atoms with van der Waals surface area (Å²) in [4.78, 5) is 20.2. The van der Waals surface area contributed by atoms with E-state index in [0.29, 0.717) is 17.8 Å². The number of carbonyl (C=O) groups is 1. The maximum atomic E-state index is 12.1. The normalized spacial score (nSPS) is 10.7. The number of fused-ring (bicyclic) bond motifs is 1. The zero-order valence-corrected chi connectivity index (χ0v) is 10.8. The van der Waals surface area contributed by atoms with Gasteiger partial charge in [-0.25, -0.2) is 0 Å². The van der Waals surface area contributed by atoms with Crippen molar-refractivity contribution in [1.29, 1.82) is 0 Å². The van der Waals surface area contributed by atoms with Gasteiger partial charge in [-0.1, -0.05) is 0 Å². The molecule has 2 heterocycles. The highest BCUT2D eigenvalue weighted by molar-refractivity contribution is 7.09. The minimum atomic E-state index is -0.107. The van der Waals surface area contributed by atoms with E-state index in [0.717, 1.165) is 15.8 Å². The van der Waals surface area contributed by atoms with Crippen molar-refractivity contribution in [3.8, 4) is 0 Å². The highest BCUT2D eigenvalue weighted by atomic mass is 32.1. The third kappa shape index (κ3) is 2.30. The highest BCUT2D eigenvalue weighted by Crippen LogP contribution is 2.20. The van der Waals surface area contributed by atoms with Crippen LogP contribution in [0.15, 0.2) is 36.1 Å². The van der Waals surface area contributed by atoms with E-state index in [1.165, 1.54) is 11.3 Å². The Morgan fingerprint density at radius 2 is 2.37 bits per heavy atom. The highest BCUT2D eigenvalue weighted by Gasteiger charge is 2.11. The van der Waals surface area contributed by atoms with Crippen LogP contribution in [0.2, 0.25) is 0 Å². The summed E-state index contributed by atoms with van der Waals surface area (Å²) < 4.78 is 0. The lowest BCUT2D eigenvalue weighted by atomic mass is 10.1. The molecular weight excluding hydrogens is 260 g/mol. The number of nitrogens with one attached hydrogen (secondary N) is 2. The first-order chi connectivity index (χ1) is 9.24. The number of thiazole rings is 1. The summed E-state index contributed by atoms with van der Waals surface area (Å²) in [7, 11) is 0. The van der Waals surface area contributed by atoms with Crippen molar-refractivity contribution in [2.24, 2.45) is 0 Å². The van der Waals surface area contributed by atoms with Crippen molar-refractivity contribution in [3.63, 3.8) is 0 Å². The molecule has 19 heavy (non-hydrogen) atoms. The summed E-state index contributed by atoms with van der Waals surface area (Å²) in [5.41, 5.74) is 9.61. The number of aromatic nitrogens is 2. The van der Waals surface area contributed by atoms with Gasteiger partial charge in [0.25, 0.3) is 5.91 Å². The van der Waals surface area contributed by atoms with Crippen molar-refractivity contribution >= 4 is 33.8 Å². The molecule has 0 saturated carbocycles. The SMILES string of the molecule is Nc1ccc2c(C(=O)NCc3cncs3)c[nH]c2c1. The Balaban J connectivity index is 1.81. The molecule has 0 bridgehead atoms. The number of hydrogen-bond acceptors (Lipinski definition) is 4. The Labute approximate surface area is 113 Å². The van der Waals surface area contributed by atoms with E-state index in [-0.39, 0.29) is 5.91 Å². The molecule has 4 N–H and O–H groups in total. The van der Waals surface area contributed by atoms with Gasteiger partial charge >= 0.3 is 0 Å². The average Bonchev–Trinajstić information content (AvgIpc) is 3.04. The second-order valence-electron chi connectivity index (χ2n) is 4.16. The zero-order chi connectivity index (χ0) is 13.2. The average molecular weight is 272 g/mol. The number of H-pyrrole nitrogens is 1. The van der Waals surface area contributed by atoms with Crippen LogP contribution in [0.25, 0.3) is 10.9 Å². The Bertz CT molecular complexity index is 717. The van der Waals surface area contributed by atoms with Gasteiger partial charge in [-0.05, 0) is 18.2 Å². The maximum Gasteiger partial charge on any atom is 0.253 e. The molecule has 1 aromatic carbocycles. The molecule has 3 rings (SSSR count). The molecule has 6 heteroatoms. The molecule has 0 aliphatic rings. The molecule has 0 aliphatic carbocycles. The van der Waals surface area contributed by atoms with E-state index in [9.17, 15) is 4.79 Å². The van der Waals surface area contributed by atoms with Crippen LogP contribution in [0.3, 0.4) is 0 Å². The number of amides is 1. The van der Waals surface area contributed by atoms with Gasteiger partial charge in [0, 0.05) is 33.9 Å². The smallest absolute Gasteiger partial charge is 0.253 e. The van der Waals surface area contributed by atoms with Crippen LogP contribution in [0.4, 0.5) is 5.69 Å². The van der Waals surface area contributed by atoms with Crippen LogP contribution in [-0.2, 0) is 6.54 Å². The fourth-order valence-electron chi connectivity index (χ4n) is 1.92.